The zero-order valence-corrected chi connectivity index (χ0v) is 20.3. The van der Waals surface area contributed by atoms with E-state index in [0.717, 1.165) is 29.2 Å². The molecule has 3 heteroatoms. The van der Waals surface area contributed by atoms with E-state index in [0.29, 0.717) is 16.7 Å². The normalized spacial score (nSPS) is 12.7. The molecule has 3 nitrogen and oxygen atoms in total. The highest BCUT2D eigenvalue weighted by molar-refractivity contribution is 6.26. The molecule has 2 aromatic rings. The number of carbonyl (C=O) groups is 2. The average molecular weight is 446 g/mol. The van der Waals surface area contributed by atoms with Crippen molar-refractivity contribution in [2.24, 2.45) is 0 Å². The summed E-state index contributed by atoms with van der Waals surface area (Å²) < 4.78 is 0. The fourth-order valence-corrected chi connectivity index (χ4v) is 4.98. The van der Waals surface area contributed by atoms with Crippen LogP contribution in [0.5, 0.6) is 0 Å². The number of hydrogen-bond acceptors (Lipinski definition) is 2. The molecule has 0 saturated carbocycles. The van der Waals surface area contributed by atoms with Crippen molar-refractivity contribution in [3.8, 4) is 12.3 Å². The SMILES string of the molecule is C#Cc1cc2c3c(c(CCCCCCCCCCCCCCCC)ccc3c1)C(=O)NC2=O. The van der Waals surface area contributed by atoms with Crippen molar-refractivity contribution in [3.05, 3.63) is 46.5 Å². The van der Waals surface area contributed by atoms with Gasteiger partial charge in [0, 0.05) is 16.5 Å². The van der Waals surface area contributed by atoms with Crippen LogP contribution in [-0.4, -0.2) is 11.8 Å². The third-order valence-electron chi connectivity index (χ3n) is 6.87. The fraction of sp³-hybridized carbons (Fsp3) is 0.533. The fourth-order valence-electron chi connectivity index (χ4n) is 4.98. The Hall–Kier alpha value is -2.60. The Balaban J connectivity index is 1.40. The summed E-state index contributed by atoms with van der Waals surface area (Å²) in [4.78, 5) is 25.0. The van der Waals surface area contributed by atoms with Gasteiger partial charge in [-0.25, -0.2) is 0 Å². The van der Waals surface area contributed by atoms with Crippen molar-refractivity contribution in [2.75, 3.05) is 0 Å². The minimum absolute atomic E-state index is 0.285. The Morgan fingerprint density at radius 1 is 0.758 bits per heavy atom. The Morgan fingerprint density at radius 2 is 1.33 bits per heavy atom. The van der Waals surface area contributed by atoms with E-state index in [9.17, 15) is 9.59 Å². The number of benzene rings is 2. The van der Waals surface area contributed by atoms with E-state index in [1.54, 1.807) is 6.07 Å². The van der Waals surface area contributed by atoms with Crippen molar-refractivity contribution in [3.63, 3.8) is 0 Å². The maximum absolute atomic E-state index is 12.6. The first-order valence-corrected chi connectivity index (χ1v) is 13.1. The van der Waals surface area contributed by atoms with Gasteiger partial charge >= 0.3 is 0 Å². The van der Waals surface area contributed by atoms with Gasteiger partial charge in [-0.3, -0.25) is 14.9 Å². The van der Waals surface area contributed by atoms with Crippen LogP contribution in [0.2, 0.25) is 0 Å². The molecule has 1 N–H and O–H groups in total. The summed E-state index contributed by atoms with van der Waals surface area (Å²) >= 11 is 0. The van der Waals surface area contributed by atoms with Crippen LogP contribution in [0.3, 0.4) is 0 Å². The summed E-state index contributed by atoms with van der Waals surface area (Å²) in [6.07, 6.45) is 25.0. The topological polar surface area (TPSA) is 46.2 Å². The van der Waals surface area contributed by atoms with Crippen molar-refractivity contribution in [1.82, 2.24) is 5.32 Å². The molecule has 0 bridgehead atoms. The lowest BCUT2D eigenvalue weighted by atomic mass is 9.88. The second-order valence-corrected chi connectivity index (χ2v) is 9.50. The standard InChI is InChI=1S/C30H39NO2/c1-3-5-6-7-8-9-10-11-12-13-14-15-16-17-18-24-19-20-25-21-23(4-2)22-26-27(25)28(24)30(33)31-29(26)32/h2,19-22H,3,5-18H2,1H3,(H,31,32,33). The molecule has 1 heterocycles. The molecule has 2 amide bonds. The van der Waals surface area contributed by atoms with E-state index in [1.807, 2.05) is 18.2 Å². The predicted octanol–water partition coefficient (Wildman–Crippen LogP) is 7.73. The molecule has 0 aromatic heterocycles. The monoisotopic (exact) mass is 445 g/mol. The first-order valence-electron chi connectivity index (χ1n) is 13.1. The summed E-state index contributed by atoms with van der Waals surface area (Å²) in [5.41, 5.74) is 2.85. The first-order chi connectivity index (χ1) is 16.2. The van der Waals surface area contributed by atoms with Crippen LogP contribution < -0.4 is 5.32 Å². The van der Waals surface area contributed by atoms with E-state index in [2.05, 4.69) is 18.2 Å². The highest BCUT2D eigenvalue weighted by Crippen LogP contribution is 2.31. The largest absolute Gasteiger partial charge is 0.288 e. The molecular weight excluding hydrogens is 406 g/mol. The number of hydrogen-bond donors (Lipinski definition) is 1. The third kappa shape index (κ3) is 6.94. The molecule has 0 radical (unpaired) electrons. The molecule has 1 aliphatic rings. The van der Waals surface area contributed by atoms with Gasteiger partial charge in [0.1, 0.15) is 0 Å². The van der Waals surface area contributed by atoms with Gasteiger partial charge in [-0.05, 0) is 35.9 Å². The van der Waals surface area contributed by atoms with Crippen LogP contribution >= 0.6 is 0 Å². The van der Waals surface area contributed by atoms with E-state index in [-0.39, 0.29) is 11.8 Å². The molecular formula is C30H39NO2. The minimum atomic E-state index is -0.358. The Kier molecular flexibility index (Phi) is 10.0. The zero-order valence-electron chi connectivity index (χ0n) is 20.3. The van der Waals surface area contributed by atoms with Gasteiger partial charge in [-0.1, -0.05) is 108 Å². The van der Waals surface area contributed by atoms with Gasteiger partial charge in [0.2, 0.25) is 0 Å². The summed E-state index contributed by atoms with van der Waals surface area (Å²) in [6, 6.07) is 7.61. The van der Waals surface area contributed by atoms with Crippen LogP contribution in [0.4, 0.5) is 0 Å². The number of terminal acetylenes is 1. The van der Waals surface area contributed by atoms with Crippen LogP contribution in [0.15, 0.2) is 24.3 Å². The molecule has 0 atom stereocenters. The highest BCUT2D eigenvalue weighted by atomic mass is 16.2. The maximum Gasteiger partial charge on any atom is 0.259 e. The molecule has 3 rings (SSSR count). The van der Waals surface area contributed by atoms with E-state index < -0.39 is 0 Å². The molecule has 0 unspecified atom stereocenters. The molecule has 0 saturated heterocycles. The zero-order chi connectivity index (χ0) is 23.5. The van der Waals surface area contributed by atoms with Crippen LogP contribution in [0.1, 0.15) is 129 Å². The summed E-state index contributed by atoms with van der Waals surface area (Å²) in [5.74, 6) is 1.96. The molecule has 0 aliphatic carbocycles. The van der Waals surface area contributed by atoms with Crippen molar-refractivity contribution < 1.29 is 9.59 Å². The highest BCUT2D eigenvalue weighted by Gasteiger charge is 2.27. The maximum atomic E-state index is 12.6. The number of aryl methyl sites for hydroxylation is 1. The van der Waals surface area contributed by atoms with Gasteiger partial charge < -0.3 is 0 Å². The first kappa shape index (κ1) is 25.0. The van der Waals surface area contributed by atoms with Gasteiger partial charge in [0.25, 0.3) is 11.8 Å². The Bertz CT molecular complexity index is 999. The molecule has 176 valence electrons. The van der Waals surface area contributed by atoms with Gasteiger partial charge in [-0.15, -0.1) is 6.42 Å². The van der Waals surface area contributed by atoms with Crippen molar-refractivity contribution in [2.45, 2.75) is 103 Å². The van der Waals surface area contributed by atoms with Crippen molar-refractivity contribution in [1.29, 1.82) is 0 Å². The van der Waals surface area contributed by atoms with Crippen molar-refractivity contribution >= 4 is 22.6 Å². The van der Waals surface area contributed by atoms with E-state index in [1.165, 1.54) is 83.5 Å². The molecule has 0 fully saturated rings. The second-order valence-electron chi connectivity index (χ2n) is 9.50. The number of rotatable bonds is 15. The van der Waals surface area contributed by atoms with Crippen LogP contribution in [0, 0.1) is 12.3 Å². The third-order valence-corrected chi connectivity index (χ3v) is 6.87. The summed E-state index contributed by atoms with van der Waals surface area (Å²) in [5, 5.41) is 4.11. The Labute approximate surface area is 199 Å². The van der Waals surface area contributed by atoms with E-state index in [4.69, 9.17) is 6.42 Å². The van der Waals surface area contributed by atoms with Crippen LogP contribution in [0.25, 0.3) is 10.8 Å². The predicted molar refractivity (Wildman–Crippen MR) is 138 cm³/mol. The summed E-state index contributed by atoms with van der Waals surface area (Å²) in [7, 11) is 0. The number of amides is 2. The second kappa shape index (κ2) is 13.2. The lowest BCUT2D eigenvalue weighted by Crippen LogP contribution is -2.35. The number of nitrogens with one attached hydrogen (secondary N) is 1. The van der Waals surface area contributed by atoms with Crippen LogP contribution in [-0.2, 0) is 6.42 Å². The lowest BCUT2D eigenvalue weighted by molar-refractivity contribution is 0.0844. The van der Waals surface area contributed by atoms with Gasteiger partial charge in [0.05, 0.1) is 5.56 Å². The molecule has 1 aliphatic heterocycles. The number of unbranched alkanes of at least 4 members (excludes halogenated alkanes) is 13. The van der Waals surface area contributed by atoms with E-state index >= 15 is 0 Å². The van der Waals surface area contributed by atoms with Gasteiger partial charge in [0.15, 0.2) is 0 Å². The smallest absolute Gasteiger partial charge is 0.259 e. The molecule has 33 heavy (non-hydrogen) atoms. The lowest BCUT2D eigenvalue weighted by Gasteiger charge is -2.20. The van der Waals surface area contributed by atoms with Gasteiger partial charge in [-0.2, -0.15) is 0 Å². The minimum Gasteiger partial charge on any atom is -0.288 e. The Morgan fingerprint density at radius 3 is 1.91 bits per heavy atom. The molecule has 2 aromatic carbocycles. The molecule has 0 spiro atoms. The quantitative estimate of drug-likeness (QED) is 0.173. The number of imide groups is 1. The average Bonchev–Trinajstić information content (AvgIpc) is 2.82. The number of carbonyl (C=O) groups excluding carboxylic acids is 2. The summed E-state index contributed by atoms with van der Waals surface area (Å²) in [6.45, 7) is 2.27.